The number of hydrogen-bond donors (Lipinski definition) is 0. The van der Waals surface area contributed by atoms with Gasteiger partial charge in [-0.1, -0.05) is 17.7 Å². The van der Waals surface area contributed by atoms with Crippen LogP contribution in [-0.4, -0.2) is 19.0 Å². The fourth-order valence-corrected chi connectivity index (χ4v) is 1.18. The minimum atomic E-state index is -1.38. The molecule has 0 atom stereocenters. The number of carboxylic acid groups (broad SMARTS) is 1. The van der Waals surface area contributed by atoms with Gasteiger partial charge >= 0.3 is 5.97 Å². The summed E-state index contributed by atoms with van der Waals surface area (Å²) in [7, 11) is 1.23. The Morgan fingerprint density at radius 3 is 2.50 bits per heavy atom. The summed E-state index contributed by atoms with van der Waals surface area (Å²) in [5, 5.41) is 10.4. The Kier molecular flexibility index (Phi) is 3.09. The van der Waals surface area contributed by atoms with Crippen LogP contribution in [0.15, 0.2) is 18.2 Å². The first kappa shape index (κ1) is 10.5. The van der Waals surface area contributed by atoms with Gasteiger partial charge in [-0.2, -0.15) is 0 Å². The van der Waals surface area contributed by atoms with E-state index >= 15 is 0 Å². The van der Waals surface area contributed by atoms with Crippen molar-refractivity contribution in [3.8, 4) is 0 Å². The van der Waals surface area contributed by atoms with Gasteiger partial charge in [0.15, 0.2) is 0 Å². The topological polar surface area (TPSA) is 66.4 Å². The summed E-state index contributed by atoms with van der Waals surface area (Å²) < 4.78 is 4.43. The molecule has 0 aliphatic carbocycles. The molecule has 74 valence electrons. The summed E-state index contributed by atoms with van der Waals surface area (Å²) in [4.78, 5) is 21.5. The van der Waals surface area contributed by atoms with Crippen LogP contribution in [0.2, 0.25) is 5.02 Å². The van der Waals surface area contributed by atoms with Crippen LogP contribution in [0.25, 0.3) is 0 Å². The van der Waals surface area contributed by atoms with E-state index in [1.807, 2.05) is 0 Å². The summed E-state index contributed by atoms with van der Waals surface area (Å²) in [5.74, 6) is -1.96. The van der Waals surface area contributed by atoms with E-state index in [0.29, 0.717) is 0 Å². The molecule has 0 aliphatic heterocycles. The zero-order valence-corrected chi connectivity index (χ0v) is 8.00. The van der Waals surface area contributed by atoms with E-state index in [9.17, 15) is 14.7 Å². The molecule has 0 bridgehead atoms. The molecule has 0 saturated heterocycles. The molecule has 0 spiro atoms. The zero-order valence-electron chi connectivity index (χ0n) is 7.24. The van der Waals surface area contributed by atoms with Gasteiger partial charge in [0.1, 0.15) is 0 Å². The zero-order chi connectivity index (χ0) is 10.7. The number of carbonyl (C=O) groups is 2. The molecule has 5 heteroatoms. The Morgan fingerprint density at radius 2 is 2.07 bits per heavy atom. The largest absolute Gasteiger partial charge is 0.545 e. The minimum Gasteiger partial charge on any atom is -0.545 e. The molecular weight excluding hydrogens is 208 g/mol. The molecule has 0 saturated carbocycles. The first-order chi connectivity index (χ1) is 6.56. The Bertz CT molecular complexity index is 386. The summed E-state index contributed by atoms with van der Waals surface area (Å²) in [6.07, 6.45) is 0. The normalized spacial score (nSPS) is 9.57. The SMILES string of the molecule is COC(=O)c1ccc(C(=O)[O-])c(Cl)c1. The number of rotatable bonds is 2. The summed E-state index contributed by atoms with van der Waals surface area (Å²) in [5.41, 5.74) is 0.0434. The van der Waals surface area contributed by atoms with Crippen LogP contribution in [0.4, 0.5) is 0 Å². The molecule has 0 heterocycles. The third-order valence-corrected chi connectivity index (χ3v) is 1.92. The number of aromatic carboxylic acids is 1. The van der Waals surface area contributed by atoms with Crippen molar-refractivity contribution >= 4 is 23.5 Å². The monoisotopic (exact) mass is 213 g/mol. The van der Waals surface area contributed by atoms with Crippen molar-refractivity contribution in [2.24, 2.45) is 0 Å². The number of esters is 1. The highest BCUT2D eigenvalue weighted by atomic mass is 35.5. The van der Waals surface area contributed by atoms with Crippen LogP contribution < -0.4 is 5.11 Å². The van der Waals surface area contributed by atoms with E-state index in [-0.39, 0.29) is 16.1 Å². The second kappa shape index (κ2) is 4.11. The lowest BCUT2D eigenvalue weighted by Gasteiger charge is -2.06. The van der Waals surface area contributed by atoms with Gasteiger partial charge in [0.25, 0.3) is 0 Å². The third-order valence-electron chi connectivity index (χ3n) is 1.61. The summed E-state index contributed by atoms with van der Waals surface area (Å²) in [6.45, 7) is 0. The molecule has 1 aromatic rings. The predicted molar refractivity (Wildman–Crippen MR) is 47.1 cm³/mol. The molecule has 0 unspecified atom stereocenters. The molecule has 14 heavy (non-hydrogen) atoms. The molecule has 0 amide bonds. The van der Waals surface area contributed by atoms with Gasteiger partial charge in [-0.25, -0.2) is 4.79 Å². The van der Waals surface area contributed by atoms with Crippen molar-refractivity contribution in [2.75, 3.05) is 7.11 Å². The van der Waals surface area contributed by atoms with Gasteiger partial charge in [-0.05, 0) is 12.1 Å². The minimum absolute atomic E-state index is 0.0482. The fourth-order valence-electron chi connectivity index (χ4n) is 0.925. The molecular formula is C9H6ClO4-. The summed E-state index contributed by atoms with van der Waals surface area (Å²) >= 11 is 5.60. The molecule has 0 N–H and O–H groups in total. The van der Waals surface area contributed by atoms with Crippen molar-refractivity contribution in [1.29, 1.82) is 0 Å². The quantitative estimate of drug-likeness (QED) is 0.671. The van der Waals surface area contributed by atoms with Gasteiger partial charge in [-0.3, -0.25) is 0 Å². The van der Waals surface area contributed by atoms with Crippen molar-refractivity contribution in [3.63, 3.8) is 0 Å². The van der Waals surface area contributed by atoms with E-state index in [1.54, 1.807) is 0 Å². The molecule has 0 aromatic heterocycles. The van der Waals surface area contributed by atoms with Gasteiger partial charge < -0.3 is 14.6 Å². The number of methoxy groups -OCH3 is 1. The van der Waals surface area contributed by atoms with Crippen molar-refractivity contribution < 1.29 is 19.4 Å². The Balaban J connectivity index is 3.12. The van der Waals surface area contributed by atoms with Crippen molar-refractivity contribution in [2.45, 2.75) is 0 Å². The van der Waals surface area contributed by atoms with Crippen molar-refractivity contribution in [3.05, 3.63) is 34.3 Å². The number of hydrogen-bond acceptors (Lipinski definition) is 4. The third kappa shape index (κ3) is 2.03. The Morgan fingerprint density at radius 1 is 1.43 bits per heavy atom. The van der Waals surface area contributed by atoms with Gasteiger partial charge in [0.2, 0.25) is 0 Å². The molecule has 1 aromatic carbocycles. The molecule has 1 rings (SSSR count). The second-order valence-corrected chi connectivity index (χ2v) is 2.88. The number of carboxylic acids is 1. The van der Waals surface area contributed by atoms with Gasteiger partial charge in [0, 0.05) is 5.56 Å². The molecule has 0 fully saturated rings. The van der Waals surface area contributed by atoms with E-state index in [0.717, 1.165) is 0 Å². The average molecular weight is 214 g/mol. The first-order valence-electron chi connectivity index (χ1n) is 3.65. The van der Waals surface area contributed by atoms with Gasteiger partial charge in [-0.15, -0.1) is 0 Å². The predicted octanol–water partition coefficient (Wildman–Crippen LogP) is 0.490. The number of benzene rings is 1. The standard InChI is InChI=1S/C9H7ClO4/c1-14-9(13)5-2-3-6(8(11)12)7(10)4-5/h2-4H,1H3,(H,11,12)/p-1. The number of carbonyl (C=O) groups excluding carboxylic acids is 2. The van der Waals surface area contributed by atoms with Crippen LogP contribution in [0, 0.1) is 0 Å². The smallest absolute Gasteiger partial charge is 0.337 e. The van der Waals surface area contributed by atoms with Crippen LogP contribution in [0.5, 0.6) is 0 Å². The second-order valence-electron chi connectivity index (χ2n) is 2.47. The summed E-state index contributed by atoms with van der Waals surface area (Å²) in [6, 6.07) is 3.73. The lowest BCUT2D eigenvalue weighted by Crippen LogP contribution is -2.22. The van der Waals surface area contributed by atoms with E-state index in [2.05, 4.69) is 4.74 Å². The van der Waals surface area contributed by atoms with Crippen LogP contribution in [0.1, 0.15) is 20.7 Å². The highest BCUT2D eigenvalue weighted by Crippen LogP contribution is 2.17. The van der Waals surface area contributed by atoms with Crippen LogP contribution in [-0.2, 0) is 4.74 Å². The molecule has 0 aliphatic rings. The average Bonchev–Trinajstić information content (AvgIpc) is 2.15. The number of halogens is 1. The molecule has 4 nitrogen and oxygen atoms in total. The van der Waals surface area contributed by atoms with Crippen LogP contribution >= 0.6 is 11.6 Å². The van der Waals surface area contributed by atoms with E-state index in [1.165, 1.54) is 25.3 Å². The van der Waals surface area contributed by atoms with Crippen LogP contribution in [0.3, 0.4) is 0 Å². The lowest BCUT2D eigenvalue weighted by atomic mass is 10.1. The maximum atomic E-state index is 11.0. The van der Waals surface area contributed by atoms with Crippen molar-refractivity contribution in [1.82, 2.24) is 0 Å². The van der Waals surface area contributed by atoms with E-state index in [4.69, 9.17) is 11.6 Å². The maximum Gasteiger partial charge on any atom is 0.337 e. The number of ether oxygens (including phenoxy) is 1. The Hall–Kier alpha value is -1.55. The lowest BCUT2D eigenvalue weighted by molar-refractivity contribution is -0.255. The maximum absolute atomic E-state index is 11.0. The first-order valence-corrected chi connectivity index (χ1v) is 4.03. The van der Waals surface area contributed by atoms with E-state index < -0.39 is 11.9 Å². The molecule has 0 radical (unpaired) electrons. The highest BCUT2D eigenvalue weighted by Gasteiger charge is 2.08. The Labute approximate surface area is 85.1 Å². The fraction of sp³-hybridized carbons (Fsp3) is 0.111. The highest BCUT2D eigenvalue weighted by molar-refractivity contribution is 6.33. The van der Waals surface area contributed by atoms with Gasteiger partial charge in [0.05, 0.1) is 23.7 Å².